The van der Waals surface area contributed by atoms with E-state index < -0.39 is 10.0 Å². The van der Waals surface area contributed by atoms with E-state index in [0.29, 0.717) is 21.8 Å². The normalized spacial score (nSPS) is 16.6. The molecule has 20 heavy (non-hydrogen) atoms. The minimum atomic E-state index is -3.41. The maximum atomic E-state index is 12.7. The molecule has 0 bridgehead atoms. The SMILES string of the molecule is O=S(=O)(c1sccc1Br)N1CCCc2ccccc2C1. The summed E-state index contributed by atoms with van der Waals surface area (Å²) in [5.41, 5.74) is 2.37. The molecule has 0 unspecified atom stereocenters. The van der Waals surface area contributed by atoms with Crippen LogP contribution in [0.4, 0.5) is 0 Å². The Morgan fingerprint density at radius 2 is 1.90 bits per heavy atom. The Hall–Kier alpha value is -0.690. The molecule has 0 N–H and O–H groups in total. The zero-order valence-electron chi connectivity index (χ0n) is 10.8. The Kier molecular flexibility index (Phi) is 3.99. The molecule has 0 saturated heterocycles. The molecule has 0 amide bonds. The molecule has 2 aromatic rings. The second-order valence-electron chi connectivity index (χ2n) is 4.77. The molecule has 0 saturated carbocycles. The lowest BCUT2D eigenvalue weighted by Gasteiger charge is -2.19. The number of aryl methyl sites for hydroxylation is 1. The largest absolute Gasteiger partial charge is 0.253 e. The zero-order valence-corrected chi connectivity index (χ0v) is 14.0. The Labute approximate surface area is 131 Å². The van der Waals surface area contributed by atoms with E-state index in [1.165, 1.54) is 16.9 Å². The van der Waals surface area contributed by atoms with E-state index >= 15 is 0 Å². The molecule has 6 heteroatoms. The summed E-state index contributed by atoms with van der Waals surface area (Å²) >= 11 is 4.59. The number of nitrogens with zero attached hydrogens (tertiary/aromatic N) is 1. The van der Waals surface area contributed by atoms with Crippen molar-refractivity contribution in [2.45, 2.75) is 23.6 Å². The van der Waals surface area contributed by atoms with Gasteiger partial charge in [0.15, 0.2) is 0 Å². The maximum absolute atomic E-state index is 12.7. The molecular weight excluding hydrogens is 358 g/mol. The van der Waals surface area contributed by atoms with Crippen LogP contribution in [-0.4, -0.2) is 19.3 Å². The third kappa shape index (κ3) is 2.57. The number of hydrogen-bond donors (Lipinski definition) is 0. The number of hydrogen-bond acceptors (Lipinski definition) is 3. The van der Waals surface area contributed by atoms with Gasteiger partial charge in [-0.15, -0.1) is 11.3 Å². The van der Waals surface area contributed by atoms with Crippen LogP contribution in [0.25, 0.3) is 0 Å². The summed E-state index contributed by atoms with van der Waals surface area (Å²) in [7, 11) is -3.41. The van der Waals surface area contributed by atoms with Gasteiger partial charge in [-0.3, -0.25) is 0 Å². The summed E-state index contributed by atoms with van der Waals surface area (Å²) in [5.74, 6) is 0. The fourth-order valence-electron chi connectivity index (χ4n) is 2.46. The Morgan fingerprint density at radius 3 is 2.60 bits per heavy atom. The number of rotatable bonds is 2. The van der Waals surface area contributed by atoms with Crippen molar-refractivity contribution in [3.8, 4) is 0 Å². The van der Waals surface area contributed by atoms with Crippen LogP contribution in [0.2, 0.25) is 0 Å². The molecule has 3 nitrogen and oxygen atoms in total. The quantitative estimate of drug-likeness (QED) is 0.807. The highest BCUT2D eigenvalue weighted by molar-refractivity contribution is 9.10. The molecule has 0 atom stereocenters. The van der Waals surface area contributed by atoms with Gasteiger partial charge in [0.2, 0.25) is 0 Å². The summed E-state index contributed by atoms with van der Waals surface area (Å²) in [6.45, 7) is 1.03. The maximum Gasteiger partial charge on any atom is 0.253 e. The molecule has 2 heterocycles. The summed E-state index contributed by atoms with van der Waals surface area (Å²) in [5, 5.41) is 1.79. The van der Waals surface area contributed by atoms with Gasteiger partial charge in [-0.1, -0.05) is 24.3 Å². The Bertz CT molecular complexity index is 724. The molecule has 1 aromatic heterocycles. The summed E-state index contributed by atoms with van der Waals surface area (Å²) in [6.07, 6.45) is 1.80. The van der Waals surface area contributed by atoms with Crippen molar-refractivity contribution < 1.29 is 8.42 Å². The molecule has 0 spiro atoms. The summed E-state index contributed by atoms with van der Waals surface area (Å²) in [4.78, 5) is 0. The first-order valence-corrected chi connectivity index (χ1v) is 9.50. The van der Waals surface area contributed by atoms with E-state index in [9.17, 15) is 8.42 Å². The van der Waals surface area contributed by atoms with Gasteiger partial charge in [-0.25, -0.2) is 8.42 Å². The van der Waals surface area contributed by atoms with Crippen LogP contribution in [0.1, 0.15) is 17.5 Å². The van der Waals surface area contributed by atoms with Crippen molar-refractivity contribution in [3.63, 3.8) is 0 Å². The Morgan fingerprint density at radius 1 is 1.15 bits per heavy atom. The third-order valence-electron chi connectivity index (χ3n) is 3.48. The van der Waals surface area contributed by atoms with Gasteiger partial charge < -0.3 is 0 Å². The van der Waals surface area contributed by atoms with Gasteiger partial charge in [0.05, 0.1) is 0 Å². The van der Waals surface area contributed by atoms with E-state index in [-0.39, 0.29) is 0 Å². The summed E-state index contributed by atoms with van der Waals surface area (Å²) in [6, 6.07) is 9.87. The lowest BCUT2D eigenvalue weighted by atomic mass is 10.0. The summed E-state index contributed by atoms with van der Waals surface area (Å²) < 4.78 is 28.1. The monoisotopic (exact) mass is 371 g/mol. The van der Waals surface area contributed by atoms with Crippen molar-refractivity contribution >= 4 is 37.3 Å². The highest BCUT2D eigenvalue weighted by atomic mass is 79.9. The predicted molar refractivity (Wildman–Crippen MR) is 84.4 cm³/mol. The molecule has 0 aliphatic carbocycles. The standard InChI is InChI=1S/C14H14BrNO2S2/c15-13-7-9-19-14(13)20(17,18)16-8-3-6-11-4-1-2-5-12(11)10-16/h1-2,4-5,7,9H,3,6,8,10H2. The first-order valence-electron chi connectivity index (χ1n) is 6.39. The average molecular weight is 372 g/mol. The topological polar surface area (TPSA) is 37.4 Å². The van der Waals surface area contributed by atoms with Gasteiger partial charge in [0, 0.05) is 17.6 Å². The van der Waals surface area contributed by atoms with Crippen LogP contribution < -0.4 is 0 Å². The number of thiophene rings is 1. The van der Waals surface area contributed by atoms with Crippen LogP contribution in [-0.2, 0) is 23.0 Å². The molecule has 106 valence electrons. The van der Waals surface area contributed by atoms with Crippen LogP contribution in [0.5, 0.6) is 0 Å². The lowest BCUT2D eigenvalue weighted by Crippen LogP contribution is -2.30. The molecule has 0 radical (unpaired) electrons. The van der Waals surface area contributed by atoms with E-state index in [1.807, 2.05) is 18.2 Å². The first kappa shape index (κ1) is 14.3. The molecule has 1 aliphatic heterocycles. The van der Waals surface area contributed by atoms with Gasteiger partial charge in [-0.05, 0) is 51.3 Å². The van der Waals surface area contributed by atoms with Crippen molar-refractivity contribution in [2.75, 3.05) is 6.54 Å². The number of halogens is 1. The average Bonchev–Trinajstić information content (AvgIpc) is 2.74. The molecule has 1 aliphatic rings. The fourth-order valence-corrected chi connectivity index (χ4v) is 6.36. The second-order valence-corrected chi connectivity index (χ2v) is 8.67. The molecule has 1 aromatic carbocycles. The van der Waals surface area contributed by atoms with Crippen LogP contribution in [0, 0.1) is 0 Å². The van der Waals surface area contributed by atoms with Gasteiger partial charge in [0.1, 0.15) is 4.21 Å². The molecule has 0 fully saturated rings. The van der Waals surface area contributed by atoms with Crippen molar-refractivity contribution in [3.05, 3.63) is 51.3 Å². The van der Waals surface area contributed by atoms with Crippen molar-refractivity contribution in [1.82, 2.24) is 4.31 Å². The minimum Gasteiger partial charge on any atom is -0.206 e. The van der Waals surface area contributed by atoms with E-state index in [4.69, 9.17) is 0 Å². The highest BCUT2D eigenvalue weighted by Crippen LogP contribution is 2.32. The van der Waals surface area contributed by atoms with E-state index in [1.54, 1.807) is 15.8 Å². The Balaban J connectivity index is 1.98. The highest BCUT2D eigenvalue weighted by Gasteiger charge is 2.29. The third-order valence-corrected chi connectivity index (χ3v) is 7.97. The van der Waals surface area contributed by atoms with Gasteiger partial charge in [0.25, 0.3) is 10.0 Å². The molecule has 3 rings (SSSR count). The predicted octanol–water partition coefficient (Wildman–Crippen LogP) is 3.65. The van der Waals surface area contributed by atoms with Crippen molar-refractivity contribution in [1.29, 1.82) is 0 Å². The smallest absolute Gasteiger partial charge is 0.206 e. The number of sulfonamides is 1. The van der Waals surface area contributed by atoms with Gasteiger partial charge >= 0.3 is 0 Å². The van der Waals surface area contributed by atoms with Crippen LogP contribution in [0.15, 0.2) is 44.4 Å². The van der Waals surface area contributed by atoms with Gasteiger partial charge in [-0.2, -0.15) is 4.31 Å². The van der Waals surface area contributed by atoms with Crippen molar-refractivity contribution in [2.24, 2.45) is 0 Å². The number of benzene rings is 1. The lowest BCUT2D eigenvalue weighted by molar-refractivity contribution is 0.411. The van der Waals surface area contributed by atoms with E-state index in [2.05, 4.69) is 22.0 Å². The minimum absolute atomic E-state index is 0.400. The van der Waals surface area contributed by atoms with E-state index in [0.717, 1.165) is 18.4 Å². The zero-order chi connectivity index (χ0) is 14.2. The fraction of sp³-hybridized carbons (Fsp3) is 0.286. The molecular formula is C14H14BrNO2S2. The van der Waals surface area contributed by atoms with Crippen LogP contribution in [0.3, 0.4) is 0 Å². The van der Waals surface area contributed by atoms with Crippen LogP contribution >= 0.6 is 27.3 Å². The first-order chi connectivity index (χ1) is 9.59. The number of fused-ring (bicyclic) bond motifs is 1. The second kappa shape index (κ2) is 5.60.